The molecule has 3 aliphatic rings. The number of ketones is 2. The summed E-state index contributed by atoms with van der Waals surface area (Å²) >= 11 is 0. The predicted molar refractivity (Wildman–Crippen MR) is 108 cm³/mol. The molecule has 3 aliphatic carbocycles. The van der Waals surface area contributed by atoms with Crippen molar-refractivity contribution in [3.63, 3.8) is 0 Å². The first-order valence-corrected chi connectivity index (χ1v) is 10.2. The first kappa shape index (κ1) is 18.1. The lowest BCUT2D eigenvalue weighted by Gasteiger charge is -2.47. The Bertz CT molecular complexity index is 1070. The van der Waals surface area contributed by atoms with Crippen LogP contribution in [0, 0.1) is 28.6 Å². The van der Waals surface area contributed by atoms with Gasteiger partial charge in [0, 0.05) is 11.3 Å². The summed E-state index contributed by atoms with van der Waals surface area (Å²) in [6.45, 7) is 1.53. The first-order chi connectivity index (χ1) is 14.0. The van der Waals surface area contributed by atoms with Crippen LogP contribution in [0.3, 0.4) is 0 Å². The number of hydrogen-bond donors (Lipinski definition) is 0. The number of aryl methyl sites for hydroxylation is 1. The number of ether oxygens (including phenoxy) is 1. The molecule has 0 heterocycles. The third kappa shape index (κ3) is 2.03. The molecule has 4 nitrogen and oxygen atoms in total. The minimum atomic E-state index is -1.11. The lowest BCUT2D eigenvalue weighted by atomic mass is 9.53. The highest BCUT2D eigenvalue weighted by Gasteiger charge is 2.77. The van der Waals surface area contributed by atoms with Crippen LogP contribution < -0.4 is 4.74 Å². The highest BCUT2D eigenvalue weighted by atomic mass is 16.5. The molecule has 2 saturated carbocycles. The van der Waals surface area contributed by atoms with Crippen molar-refractivity contribution in [3.8, 4) is 11.8 Å². The largest absolute Gasteiger partial charge is 0.497 e. The summed E-state index contributed by atoms with van der Waals surface area (Å²) in [7, 11) is 1.62. The number of fused-ring (bicyclic) bond motifs is 2. The zero-order valence-electron chi connectivity index (χ0n) is 16.6. The van der Waals surface area contributed by atoms with Crippen molar-refractivity contribution in [1.29, 1.82) is 5.26 Å². The van der Waals surface area contributed by atoms with Crippen LogP contribution in [0.2, 0.25) is 0 Å². The molecule has 0 saturated heterocycles. The lowest BCUT2D eigenvalue weighted by molar-refractivity contribution is -0.141. The fraction of sp³-hybridized carbons (Fsp3) is 0.400. The molecule has 2 aromatic carbocycles. The lowest BCUT2D eigenvalue weighted by Crippen LogP contribution is -2.51. The maximum Gasteiger partial charge on any atom is 0.165 e. The Labute approximate surface area is 170 Å². The van der Waals surface area contributed by atoms with Gasteiger partial charge in [0.15, 0.2) is 5.78 Å². The van der Waals surface area contributed by atoms with Crippen LogP contribution in [-0.4, -0.2) is 18.7 Å². The molecule has 2 fully saturated rings. The zero-order valence-corrected chi connectivity index (χ0v) is 16.6. The zero-order chi connectivity index (χ0) is 20.4. The van der Waals surface area contributed by atoms with E-state index in [0.717, 1.165) is 29.7 Å². The second kappa shape index (κ2) is 6.03. The molecule has 0 amide bonds. The second-order valence-corrected chi connectivity index (χ2v) is 8.72. The monoisotopic (exact) mass is 385 g/mol. The quantitative estimate of drug-likeness (QED) is 0.750. The van der Waals surface area contributed by atoms with Crippen molar-refractivity contribution in [2.24, 2.45) is 17.3 Å². The van der Waals surface area contributed by atoms with Crippen LogP contribution in [0.15, 0.2) is 48.5 Å². The Balaban J connectivity index is 1.78. The number of Topliss-reactive ketones (excluding diaryl/α,β-unsaturated/α-hetero) is 2. The number of nitriles is 1. The van der Waals surface area contributed by atoms with Crippen LogP contribution in [0.25, 0.3) is 0 Å². The van der Waals surface area contributed by atoms with Crippen molar-refractivity contribution in [2.75, 3.05) is 7.11 Å². The summed E-state index contributed by atoms with van der Waals surface area (Å²) in [5, 5.41) is 10.0. The number of benzene rings is 2. The summed E-state index contributed by atoms with van der Waals surface area (Å²) in [5.74, 6) is -0.395. The number of rotatable bonds is 3. The van der Waals surface area contributed by atoms with E-state index >= 15 is 0 Å². The summed E-state index contributed by atoms with van der Waals surface area (Å²) in [6.07, 6.45) is 2.24. The van der Waals surface area contributed by atoms with E-state index in [1.165, 1.54) is 12.5 Å². The number of nitrogens with zero attached hydrogens (tertiary/aromatic N) is 1. The normalized spacial score (nSPS) is 34.2. The van der Waals surface area contributed by atoms with Gasteiger partial charge < -0.3 is 4.74 Å². The molecule has 0 radical (unpaired) electrons. The van der Waals surface area contributed by atoms with Gasteiger partial charge in [-0.25, -0.2) is 0 Å². The molecule has 1 spiro atoms. The molecular formula is C25H23NO3. The van der Waals surface area contributed by atoms with Crippen LogP contribution in [-0.2, 0) is 21.4 Å². The van der Waals surface area contributed by atoms with Gasteiger partial charge in [-0.2, -0.15) is 5.26 Å². The predicted octanol–water partition coefficient (Wildman–Crippen LogP) is 3.98. The van der Waals surface area contributed by atoms with Gasteiger partial charge in [0.2, 0.25) is 0 Å². The van der Waals surface area contributed by atoms with Crippen molar-refractivity contribution >= 4 is 11.6 Å². The molecule has 2 bridgehead atoms. The summed E-state index contributed by atoms with van der Waals surface area (Å²) in [6, 6.07) is 18.3. The van der Waals surface area contributed by atoms with Crippen molar-refractivity contribution < 1.29 is 14.3 Å². The van der Waals surface area contributed by atoms with Crippen molar-refractivity contribution in [2.45, 2.75) is 37.5 Å². The molecule has 1 unspecified atom stereocenters. The molecule has 4 heteroatoms. The molecule has 146 valence electrons. The SMILES string of the molecule is COc1ccc([C@@H]2[C@H]3CCc4ccccc4[C@@]34C[C@]2(C(C)=O)C(=O)C4C#N)cc1. The van der Waals surface area contributed by atoms with Gasteiger partial charge in [-0.1, -0.05) is 36.4 Å². The fourth-order valence-electron chi connectivity index (χ4n) is 6.79. The van der Waals surface area contributed by atoms with E-state index in [2.05, 4.69) is 18.2 Å². The van der Waals surface area contributed by atoms with Crippen LogP contribution in [0.5, 0.6) is 5.75 Å². The van der Waals surface area contributed by atoms with Gasteiger partial charge in [-0.3, -0.25) is 9.59 Å². The van der Waals surface area contributed by atoms with Gasteiger partial charge in [0.05, 0.1) is 18.6 Å². The average molecular weight is 385 g/mol. The van der Waals surface area contributed by atoms with Crippen molar-refractivity contribution in [1.82, 2.24) is 0 Å². The number of hydrogen-bond acceptors (Lipinski definition) is 4. The Morgan fingerprint density at radius 1 is 1.17 bits per heavy atom. The van der Waals surface area contributed by atoms with Crippen LogP contribution in [0.1, 0.15) is 42.4 Å². The smallest absolute Gasteiger partial charge is 0.165 e. The second-order valence-electron chi connectivity index (χ2n) is 8.72. The molecule has 2 aromatic rings. The van der Waals surface area contributed by atoms with Crippen LogP contribution >= 0.6 is 0 Å². The van der Waals surface area contributed by atoms with Crippen molar-refractivity contribution in [3.05, 3.63) is 65.2 Å². The van der Waals surface area contributed by atoms with E-state index in [1.54, 1.807) is 7.11 Å². The number of carbonyl (C=O) groups is 2. The Hall–Kier alpha value is -2.93. The highest BCUT2D eigenvalue weighted by Crippen LogP contribution is 2.73. The van der Waals surface area contributed by atoms with E-state index in [4.69, 9.17) is 4.74 Å². The molecular weight excluding hydrogens is 362 g/mol. The maximum absolute atomic E-state index is 13.7. The topological polar surface area (TPSA) is 67.2 Å². The third-order valence-corrected chi connectivity index (χ3v) is 7.86. The summed E-state index contributed by atoms with van der Waals surface area (Å²) < 4.78 is 5.30. The minimum absolute atomic E-state index is 0.0945. The fourth-order valence-corrected chi connectivity index (χ4v) is 6.79. The number of carbonyl (C=O) groups excluding carboxylic acids is 2. The van der Waals surface area contributed by atoms with Gasteiger partial charge in [-0.05, 0) is 60.9 Å². The summed E-state index contributed by atoms with van der Waals surface area (Å²) in [4.78, 5) is 26.8. The third-order valence-electron chi connectivity index (χ3n) is 7.86. The van der Waals surface area contributed by atoms with E-state index in [-0.39, 0.29) is 23.4 Å². The highest BCUT2D eigenvalue weighted by molar-refractivity contribution is 6.13. The molecule has 0 N–H and O–H groups in total. The molecule has 5 atom stereocenters. The Morgan fingerprint density at radius 2 is 1.90 bits per heavy atom. The van der Waals surface area contributed by atoms with E-state index in [0.29, 0.717) is 6.42 Å². The Kier molecular flexibility index (Phi) is 3.77. The number of methoxy groups -OCH3 is 1. The Morgan fingerprint density at radius 3 is 2.55 bits per heavy atom. The van der Waals surface area contributed by atoms with Gasteiger partial charge in [0.25, 0.3) is 0 Å². The van der Waals surface area contributed by atoms with Gasteiger partial charge in [-0.15, -0.1) is 0 Å². The van der Waals surface area contributed by atoms with E-state index in [1.807, 2.05) is 36.4 Å². The molecule has 29 heavy (non-hydrogen) atoms. The standard InChI is InChI=1S/C25H23NO3/c1-15(27)24-14-25(21(13-26)23(24)28)19-6-4-3-5-16(19)9-12-20(25)22(24)17-7-10-18(29-2)11-8-17/h3-8,10-11,20-22H,9,12,14H2,1-2H3/t20-,21?,22-,24-,25+/m1/s1. The maximum atomic E-state index is 13.7. The molecule has 0 aliphatic heterocycles. The minimum Gasteiger partial charge on any atom is -0.497 e. The average Bonchev–Trinajstić information content (AvgIpc) is 3.20. The summed E-state index contributed by atoms with van der Waals surface area (Å²) in [5.41, 5.74) is 1.63. The molecule has 5 rings (SSSR count). The van der Waals surface area contributed by atoms with E-state index < -0.39 is 16.7 Å². The van der Waals surface area contributed by atoms with Gasteiger partial charge in [0.1, 0.15) is 17.5 Å². The molecule has 0 aromatic heterocycles. The van der Waals surface area contributed by atoms with Gasteiger partial charge >= 0.3 is 0 Å². The van der Waals surface area contributed by atoms with Crippen LogP contribution in [0.4, 0.5) is 0 Å². The first-order valence-electron chi connectivity index (χ1n) is 10.2. The van der Waals surface area contributed by atoms with E-state index in [9.17, 15) is 14.9 Å².